The van der Waals surface area contributed by atoms with Gasteiger partial charge in [-0.2, -0.15) is 0 Å². The van der Waals surface area contributed by atoms with Crippen molar-refractivity contribution in [3.05, 3.63) is 29.8 Å². The second-order valence-corrected chi connectivity index (χ2v) is 3.58. The molecule has 1 unspecified atom stereocenters. The number of hydrogen-bond donors (Lipinski definition) is 0. The Morgan fingerprint density at radius 3 is 2.92 bits per heavy atom. The summed E-state index contributed by atoms with van der Waals surface area (Å²) in [4.78, 5) is 0. The highest BCUT2D eigenvalue weighted by Crippen LogP contribution is 2.12. The second kappa shape index (κ2) is 4.68. The van der Waals surface area contributed by atoms with E-state index in [1.165, 1.54) is 0 Å². The highest BCUT2D eigenvalue weighted by atomic mass is 32.2. The third kappa shape index (κ3) is 3.30. The predicted octanol–water partition coefficient (Wildman–Crippen LogP) is 1.67. The van der Waals surface area contributed by atoms with E-state index in [0.29, 0.717) is 5.75 Å². The van der Waals surface area contributed by atoms with Crippen LogP contribution in [0.1, 0.15) is 6.93 Å². The average Bonchev–Trinajstić information content (AvgIpc) is 2.18. The maximum atomic E-state index is 11.2. The zero-order valence-electron chi connectivity index (χ0n) is 8.24. The first-order chi connectivity index (χ1) is 6.72. The molecule has 13 heavy (non-hydrogen) atoms. The van der Waals surface area contributed by atoms with Crippen molar-refractivity contribution in [1.29, 1.82) is 0 Å². The van der Waals surface area contributed by atoms with Gasteiger partial charge in [-0.15, -0.1) is 6.40 Å². The lowest BCUT2D eigenvalue weighted by Gasteiger charge is -2.01. The largest absolute Gasteiger partial charge is 0.400 e. The third-order valence-electron chi connectivity index (χ3n) is 1.40. The second-order valence-electron chi connectivity index (χ2n) is 2.52. The highest BCUT2D eigenvalue weighted by Gasteiger charge is 1.99. The molecule has 0 fully saturated rings. The zero-order chi connectivity index (χ0) is 10.4. The van der Waals surface area contributed by atoms with E-state index in [4.69, 9.17) is 5.55 Å². The quantitative estimate of drug-likeness (QED) is 0.686. The minimum Gasteiger partial charge on any atom is -0.400 e. The van der Waals surface area contributed by atoms with Crippen molar-refractivity contribution in [2.24, 2.45) is 0 Å². The maximum absolute atomic E-state index is 11.2. The van der Waals surface area contributed by atoms with Crippen LogP contribution in [0, 0.1) is 19.2 Å². The van der Waals surface area contributed by atoms with Gasteiger partial charge in [0, 0.05) is 0 Å². The summed E-state index contributed by atoms with van der Waals surface area (Å²) in [5, 5.41) is 0. The summed E-state index contributed by atoms with van der Waals surface area (Å²) < 4.78 is 22.8. The smallest absolute Gasteiger partial charge is 0.218 e. The van der Waals surface area contributed by atoms with Crippen molar-refractivity contribution in [2.45, 2.75) is 6.92 Å². The molecule has 0 saturated carbocycles. The van der Waals surface area contributed by atoms with Crippen LogP contribution in [0.5, 0.6) is 5.75 Å². The SMILES string of the molecule is [2H]C#CCS(=O)Oc1ccc(C)cc1. The molecule has 0 saturated heterocycles. The molecule has 3 heteroatoms. The Morgan fingerprint density at radius 1 is 1.62 bits per heavy atom. The molecular formula is C10H10O2S. The summed E-state index contributed by atoms with van der Waals surface area (Å²) in [5.41, 5.74) is 1.12. The van der Waals surface area contributed by atoms with Crippen LogP contribution in [0.25, 0.3) is 0 Å². The summed E-state index contributed by atoms with van der Waals surface area (Å²) in [6.07, 6.45) is 1.92. The number of rotatable bonds is 3. The normalized spacial score (nSPS) is 12.2. The van der Waals surface area contributed by atoms with Crippen LogP contribution in [0.3, 0.4) is 0 Å². The van der Waals surface area contributed by atoms with Gasteiger partial charge >= 0.3 is 0 Å². The van der Waals surface area contributed by atoms with E-state index in [2.05, 4.69) is 5.92 Å². The lowest BCUT2D eigenvalue weighted by Crippen LogP contribution is -2.03. The molecule has 1 rings (SSSR count). The molecule has 0 heterocycles. The van der Waals surface area contributed by atoms with Crippen LogP contribution in [-0.2, 0) is 11.1 Å². The van der Waals surface area contributed by atoms with Gasteiger partial charge in [-0.1, -0.05) is 23.6 Å². The molecule has 0 bridgehead atoms. The van der Waals surface area contributed by atoms with Gasteiger partial charge in [0.15, 0.2) is 0 Å². The van der Waals surface area contributed by atoms with E-state index in [-0.39, 0.29) is 5.75 Å². The van der Waals surface area contributed by atoms with Crippen molar-refractivity contribution in [2.75, 3.05) is 5.75 Å². The molecule has 0 N–H and O–H groups in total. The predicted molar refractivity (Wildman–Crippen MR) is 53.6 cm³/mol. The van der Waals surface area contributed by atoms with Gasteiger partial charge in [-0.05, 0) is 19.1 Å². The van der Waals surface area contributed by atoms with E-state index in [9.17, 15) is 4.21 Å². The standard InChI is InChI=1S/C10H10O2S/c1-3-8-13(11)12-10-6-4-9(2)5-7-10/h1,4-7H,8H2,2H3/i1D. The molecule has 1 aromatic rings. The first-order valence-corrected chi connectivity index (χ1v) is 5.00. The molecule has 0 spiro atoms. The van der Waals surface area contributed by atoms with Gasteiger partial charge < -0.3 is 4.18 Å². The van der Waals surface area contributed by atoms with Crippen molar-refractivity contribution in [3.8, 4) is 18.1 Å². The van der Waals surface area contributed by atoms with Gasteiger partial charge in [0.1, 0.15) is 12.9 Å². The number of aryl methyl sites for hydroxylation is 1. The van der Waals surface area contributed by atoms with Crippen LogP contribution < -0.4 is 4.18 Å². The summed E-state index contributed by atoms with van der Waals surface area (Å²) in [5.74, 6) is 2.99. The average molecular weight is 195 g/mol. The molecular weight excluding hydrogens is 184 g/mol. The molecule has 0 aliphatic heterocycles. The van der Waals surface area contributed by atoms with Crippen LogP contribution >= 0.6 is 0 Å². The monoisotopic (exact) mass is 195 g/mol. The zero-order valence-corrected chi connectivity index (χ0v) is 8.06. The van der Waals surface area contributed by atoms with Gasteiger partial charge in [-0.3, -0.25) is 0 Å². The van der Waals surface area contributed by atoms with E-state index >= 15 is 0 Å². The molecule has 1 aromatic carbocycles. The van der Waals surface area contributed by atoms with Crippen LogP contribution in [-0.4, -0.2) is 9.96 Å². The van der Waals surface area contributed by atoms with E-state index in [1.54, 1.807) is 12.1 Å². The Balaban J connectivity index is 2.55. The molecule has 0 amide bonds. The van der Waals surface area contributed by atoms with Crippen molar-refractivity contribution < 1.29 is 9.76 Å². The molecule has 0 aliphatic rings. The third-order valence-corrected chi connectivity index (χ3v) is 2.16. The van der Waals surface area contributed by atoms with Crippen LogP contribution in [0.15, 0.2) is 24.3 Å². The number of benzene rings is 1. The minimum absolute atomic E-state index is 0.0668. The number of hydrogen-bond acceptors (Lipinski definition) is 2. The lowest BCUT2D eigenvalue weighted by molar-refractivity contribution is 0.565. The fourth-order valence-electron chi connectivity index (χ4n) is 0.790. The van der Waals surface area contributed by atoms with Crippen molar-refractivity contribution in [3.63, 3.8) is 0 Å². The highest BCUT2D eigenvalue weighted by molar-refractivity contribution is 7.80. The summed E-state index contributed by atoms with van der Waals surface area (Å²) in [6, 6.07) is 7.26. The summed E-state index contributed by atoms with van der Waals surface area (Å²) in [7, 11) is 0. The fourth-order valence-corrected chi connectivity index (χ4v) is 1.29. The minimum atomic E-state index is -1.47. The summed E-state index contributed by atoms with van der Waals surface area (Å²) >= 11 is -1.47. The number of terminal acetylenes is 1. The van der Waals surface area contributed by atoms with Gasteiger partial charge in [0.2, 0.25) is 11.1 Å². The first kappa shape index (κ1) is 8.33. The van der Waals surface area contributed by atoms with Gasteiger partial charge in [0.25, 0.3) is 0 Å². The molecule has 2 nitrogen and oxygen atoms in total. The molecule has 1 atom stereocenters. The van der Waals surface area contributed by atoms with Gasteiger partial charge in [0.05, 0.1) is 0 Å². The Labute approximate surface area is 82.0 Å². The molecule has 0 radical (unpaired) electrons. The lowest BCUT2D eigenvalue weighted by atomic mass is 10.2. The topological polar surface area (TPSA) is 26.3 Å². The molecule has 0 aliphatic carbocycles. The van der Waals surface area contributed by atoms with Crippen LogP contribution in [0.4, 0.5) is 0 Å². The van der Waals surface area contributed by atoms with E-state index < -0.39 is 11.1 Å². The van der Waals surface area contributed by atoms with Crippen molar-refractivity contribution >= 4 is 11.1 Å². The fraction of sp³-hybridized carbons (Fsp3) is 0.200. The Kier molecular flexibility index (Phi) is 3.00. The van der Waals surface area contributed by atoms with Crippen LogP contribution in [0.2, 0.25) is 0 Å². The Hall–Kier alpha value is -1.27. The van der Waals surface area contributed by atoms with Crippen molar-refractivity contribution in [1.82, 2.24) is 0 Å². The van der Waals surface area contributed by atoms with Gasteiger partial charge in [-0.25, -0.2) is 4.21 Å². The van der Waals surface area contributed by atoms with E-state index in [0.717, 1.165) is 5.56 Å². The Morgan fingerprint density at radius 2 is 2.31 bits per heavy atom. The Bertz CT molecular complexity index is 375. The van der Waals surface area contributed by atoms with E-state index in [1.807, 2.05) is 25.5 Å². The molecule has 68 valence electrons. The first-order valence-electron chi connectivity index (χ1n) is 4.25. The maximum Gasteiger partial charge on any atom is 0.218 e. The summed E-state index contributed by atoms with van der Waals surface area (Å²) in [6.45, 7) is 1.96. The molecule has 0 aromatic heterocycles.